The first-order valence-electron chi connectivity index (χ1n) is 9.98. The number of hydrogen-bond donors (Lipinski definition) is 3. The van der Waals surface area contributed by atoms with Crippen LogP contribution in [0.15, 0.2) is 81.3 Å². The molecule has 0 unspecified atom stereocenters. The zero-order valence-electron chi connectivity index (χ0n) is 16.8. The molecule has 1 aliphatic heterocycles. The number of anilines is 3. The molecule has 6 rings (SSSR count). The maximum atomic E-state index is 13.4. The minimum atomic E-state index is -0.402. The Kier molecular flexibility index (Phi) is 4.49. The van der Waals surface area contributed by atoms with E-state index in [4.69, 9.17) is 12.2 Å². The third kappa shape index (κ3) is 3.36. The largest absolute Gasteiger partial charge is 0.331 e. The first-order valence-corrected chi connectivity index (χ1v) is 11.2. The molecule has 1 aliphatic rings. The number of aromatic nitrogens is 4. The summed E-state index contributed by atoms with van der Waals surface area (Å²) in [7, 11) is 0. The number of urea groups is 1. The van der Waals surface area contributed by atoms with Crippen LogP contribution in [-0.2, 0) is 0 Å². The zero-order valence-corrected chi connectivity index (χ0v) is 18.5. The number of amides is 2. The molecule has 3 aromatic carbocycles. The van der Waals surface area contributed by atoms with Gasteiger partial charge in [0.15, 0.2) is 15.9 Å². The number of nitrogens with one attached hydrogen (secondary N) is 3. The van der Waals surface area contributed by atoms with Crippen LogP contribution in [0.4, 0.5) is 21.9 Å². The Bertz CT molecular complexity index is 1670. The fourth-order valence-electron chi connectivity index (χ4n) is 3.78. The van der Waals surface area contributed by atoms with Gasteiger partial charge in [0.25, 0.3) is 5.56 Å². The molecule has 3 heterocycles. The van der Waals surface area contributed by atoms with Gasteiger partial charge in [-0.05, 0) is 54.7 Å². The molecule has 0 saturated carbocycles. The van der Waals surface area contributed by atoms with Gasteiger partial charge in [0.1, 0.15) is 0 Å². The Morgan fingerprint density at radius 2 is 1.61 bits per heavy atom. The van der Waals surface area contributed by atoms with Crippen LogP contribution in [0.5, 0.6) is 0 Å². The number of nitrogens with zero attached hydrogens (tertiary/aromatic N) is 3. The fraction of sp³-hybridized carbons (Fsp3) is 0. The number of hydrogen-bond acceptors (Lipinski definition) is 6. The van der Waals surface area contributed by atoms with Gasteiger partial charge >= 0.3 is 6.03 Å². The average molecular weight is 471 g/mol. The Hall–Kier alpha value is -4.02. The lowest BCUT2D eigenvalue weighted by molar-refractivity contribution is 0.259. The maximum Gasteiger partial charge on any atom is 0.331 e. The molecule has 0 aliphatic carbocycles. The highest BCUT2D eigenvalue weighted by Gasteiger charge is 2.28. The normalized spacial score (nSPS) is 12.4. The number of benzene rings is 3. The number of carbonyl (C=O) groups is 1. The van der Waals surface area contributed by atoms with Crippen LogP contribution < -0.4 is 15.8 Å². The number of H-pyrrole nitrogens is 2. The van der Waals surface area contributed by atoms with Crippen molar-refractivity contribution >= 4 is 69.3 Å². The van der Waals surface area contributed by atoms with Gasteiger partial charge in [-0.1, -0.05) is 36.0 Å². The van der Waals surface area contributed by atoms with Crippen molar-refractivity contribution in [2.45, 2.75) is 9.79 Å². The van der Waals surface area contributed by atoms with Gasteiger partial charge in [0.05, 0.1) is 22.4 Å². The molecule has 160 valence electrons. The summed E-state index contributed by atoms with van der Waals surface area (Å²) in [6, 6.07) is 20.5. The molecule has 3 N–H and O–H groups in total. The topological polar surface area (TPSA) is 107 Å². The van der Waals surface area contributed by atoms with Crippen molar-refractivity contribution in [1.82, 2.24) is 19.9 Å². The van der Waals surface area contributed by atoms with E-state index in [0.29, 0.717) is 16.7 Å². The molecule has 2 aromatic heterocycles. The summed E-state index contributed by atoms with van der Waals surface area (Å²) in [5, 5.41) is 2.97. The summed E-state index contributed by atoms with van der Waals surface area (Å²) < 4.78 is 0.172. The van der Waals surface area contributed by atoms with Crippen LogP contribution in [-0.4, -0.2) is 26.0 Å². The quantitative estimate of drug-likeness (QED) is 0.225. The summed E-state index contributed by atoms with van der Waals surface area (Å²) >= 11 is 6.66. The highest BCUT2D eigenvalue weighted by atomic mass is 32.2. The zero-order chi connectivity index (χ0) is 22.5. The number of aromatic amines is 2. The molecule has 0 bridgehead atoms. The van der Waals surface area contributed by atoms with E-state index in [1.54, 1.807) is 34.9 Å². The minimum absolute atomic E-state index is 0.172. The van der Waals surface area contributed by atoms with Gasteiger partial charge in [-0.2, -0.15) is 0 Å². The van der Waals surface area contributed by atoms with Gasteiger partial charge in [-0.25, -0.2) is 14.8 Å². The number of rotatable bonds is 1. The third-order valence-corrected chi connectivity index (χ3v) is 6.56. The summed E-state index contributed by atoms with van der Waals surface area (Å²) in [5.74, 6) is 0. The van der Waals surface area contributed by atoms with Gasteiger partial charge in [0.2, 0.25) is 0 Å². The molecule has 0 radical (unpaired) electrons. The lowest BCUT2D eigenvalue weighted by atomic mass is 10.2. The van der Waals surface area contributed by atoms with Crippen molar-refractivity contribution in [1.29, 1.82) is 0 Å². The van der Waals surface area contributed by atoms with Crippen LogP contribution in [0.3, 0.4) is 0 Å². The van der Waals surface area contributed by atoms with Crippen LogP contribution in [0.1, 0.15) is 0 Å². The lowest BCUT2D eigenvalue weighted by Gasteiger charge is -2.31. The molecule has 10 heteroatoms. The number of para-hydroxylation sites is 2. The molecule has 2 amide bonds. The van der Waals surface area contributed by atoms with Crippen LogP contribution in [0.2, 0.25) is 0 Å². The predicted octanol–water partition coefficient (Wildman–Crippen LogP) is 5.36. The predicted molar refractivity (Wildman–Crippen MR) is 131 cm³/mol. The molecular weight excluding hydrogens is 456 g/mol. The molecule has 0 atom stereocenters. The van der Waals surface area contributed by atoms with Crippen LogP contribution in [0, 0.1) is 4.77 Å². The second-order valence-corrected chi connectivity index (χ2v) is 8.83. The highest BCUT2D eigenvalue weighted by molar-refractivity contribution is 7.99. The van der Waals surface area contributed by atoms with Gasteiger partial charge in [0, 0.05) is 15.5 Å². The van der Waals surface area contributed by atoms with Gasteiger partial charge < -0.3 is 10.3 Å². The maximum absolute atomic E-state index is 13.4. The first kappa shape index (κ1) is 19.6. The SMILES string of the molecule is O=C(Nc1ccc2nc3c(=O)[nH]c(=S)[nH]c3nc2c1)N1c2ccccc2Sc2ccccc21. The van der Waals surface area contributed by atoms with Gasteiger partial charge in [-0.3, -0.25) is 14.7 Å². The van der Waals surface area contributed by atoms with Crippen LogP contribution in [0.25, 0.3) is 22.2 Å². The van der Waals surface area contributed by atoms with Crippen molar-refractivity contribution in [3.05, 3.63) is 81.9 Å². The van der Waals surface area contributed by atoms with E-state index in [2.05, 4.69) is 25.3 Å². The molecule has 0 saturated heterocycles. The van der Waals surface area contributed by atoms with E-state index < -0.39 is 5.56 Å². The summed E-state index contributed by atoms with van der Waals surface area (Å²) in [6.45, 7) is 0. The minimum Gasteiger partial charge on any atom is -0.315 e. The molecule has 8 nitrogen and oxygen atoms in total. The number of fused-ring (bicyclic) bond motifs is 4. The van der Waals surface area contributed by atoms with E-state index in [-0.39, 0.29) is 22.0 Å². The molecule has 0 fully saturated rings. The van der Waals surface area contributed by atoms with Crippen molar-refractivity contribution in [2.75, 3.05) is 10.2 Å². The molecule has 0 spiro atoms. The first-order chi connectivity index (χ1) is 16.1. The summed E-state index contributed by atoms with van der Waals surface area (Å²) in [6.07, 6.45) is 0. The van der Waals surface area contributed by atoms with E-state index in [0.717, 1.165) is 21.2 Å². The number of carbonyl (C=O) groups excluding carboxylic acids is 1. The van der Waals surface area contributed by atoms with Crippen molar-refractivity contribution < 1.29 is 4.79 Å². The monoisotopic (exact) mass is 470 g/mol. The second kappa shape index (κ2) is 7.54. The molecule has 33 heavy (non-hydrogen) atoms. The standard InChI is InChI=1S/C23H14N6O2S2/c30-21-19-20(27-22(32)28-21)26-14-11-12(9-10-13(14)25-19)24-23(31)29-15-5-1-3-7-17(15)33-18-8-4-2-6-16(18)29/h1-11H,(H,24,31)(H2,26,27,28,30,32). The fourth-order valence-corrected chi connectivity index (χ4v) is 5.03. The smallest absolute Gasteiger partial charge is 0.315 e. The second-order valence-electron chi connectivity index (χ2n) is 7.34. The van der Waals surface area contributed by atoms with Gasteiger partial charge in [-0.15, -0.1) is 0 Å². The van der Waals surface area contributed by atoms with Crippen molar-refractivity contribution in [2.24, 2.45) is 0 Å². The summed E-state index contributed by atoms with van der Waals surface area (Å²) in [5.41, 5.74) is 3.29. The molecular formula is C23H14N6O2S2. The molecule has 5 aromatic rings. The third-order valence-electron chi connectivity index (χ3n) is 5.22. The van der Waals surface area contributed by atoms with Crippen LogP contribution >= 0.6 is 24.0 Å². The van der Waals surface area contributed by atoms with E-state index >= 15 is 0 Å². The highest BCUT2D eigenvalue weighted by Crippen LogP contribution is 2.48. The van der Waals surface area contributed by atoms with E-state index in [9.17, 15) is 9.59 Å². The van der Waals surface area contributed by atoms with Crippen molar-refractivity contribution in [3.63, 3.8) is 0 Å². The van der Waals surface area contributed by atoms with E-state index in [1.807, 2.05) is 48.5 Å². The van der Waals surface area contributed by atoms with Crippen molar-refractivity contribution in [3.8, 4) is 0 Å². The Morgan fingerprint density at radius 1 is 0.909 bits per heavy atom. The van der Waals surface area contributed by atoms with E-state index in [1.165, 1.54) is 0 Å². The average Bonchev–Trinajstić information content (AvgIpc) is 2.81. The summed E-state index contributed by atoms with van der Waals surface area (Å²) in [4.78, 5) is 43.4. The Balaban J connectivity index is 1.40. The Morgan fingerprint density at radius 3 is 2.33 bits per heavy atom. The Labute approximate surface area is 195 Å². The lowest BCUT2D eigenvalue weighted by Crippen LogP contribution is -2.32.